The fraction of sp³-hybridized carbons (Fsp3) is 0.133. The van der Waals surface area contributed by atoms with E-state index in [4.69, 9.17) is 34.2 Å². The first-order chi connectivity index (χ1) is 9.51. The Hall–Kier alpha value is -1.57. The predicted molar refractivity (Wildman–Crippen MR) is 79.5 cm³/mol. The first kappa shape index (κ1) is 14.8. The molecule has 0 aliphatic rings. The van der Waals surface area contributed by atoms with E-state index in [9.17, 15) is 5.11 Å². The lowest BCUT2D eigenvalue weighted by atomic mass is 9.95. The van der Waals surface area contributed by atoms with Crippen molar-refractivity contribution in [2.24, 2.45) is 5.73 Å². The minimum Gasteiger partial charge on any atom is -0.386 e. The Morgan fingerprint density at radius 1 is 1.00 bits per heavy atom. The molecule has 0 saturated carbocycles. The van der Waals surface area contributed by atoms with Crippen molar-refractivity contribution in [1.82, 2.24) is 0 Å². The highest BCUT2D eigenvalue weighted by Gasteiger charge is 2.19. The Morgan fingerprint density at radius 2 is 1.65 bits per heavy atom. The van der Waals surface area contributed by atoms with Gasteiger partial charge in [-0.05, 0) is 41.5 Å². The van der Waals surface area contributed by atoms with Gasteiger partial charge < -0.3 is 10.8 Å². The summed E-state index contributed by atoms with van der Waals surface area (Å²) >= 11 is 11.7. The van der Waals surface area contributed by atoms with Crippen LogP contribution < -0.4 is 5.73 Å². The first-order valence-electron chi connectivity index (χ1n) is 5.91. The van der Waals surface area contributed by atoms with Crippen LogP contribution in [-0.2, 0) is 0 Å². The minimum absolute atomic E-state index is 0.384. The number of aliphatic hydroxyl groups excluding tert-OH is 1. The topological polar surface area (TPSA) is 70.0 Å². The van der Waals surface area contributed by atoms with Crippen LogP contribution in [0.2, 0.25) is 10.0 Å². The second-order valence-corrected chi connectivity index (χ2v) is 5.28. The van der Waals surface area contributed by atoms with Gasteiger partial charge in [-0.2, -0.15) is 5.26 Å². The molecule has 0 amide bonds. The highest BCUT2D eigenvalue weighted by atomic mass is 35.5. The number of halogens is 2. The zero-order chi connectivity index (χ0) is 14.7. The predicted octanol–water partition coefficient (Wildman–Crippen LogP) is 3.60. The maximum Gasteiger partial charge on any atom is 0.0992 e. The van der Waals surface area contributed by atoms with Gasteiger partial charge in [-0.1, -0.05) is 35.3 Å². The molecule has 2 atom stereocenters. The lowest BCUT2D eigenvalue weighted by molar-refractivity contribution is 0.147. The quantitative estimate of drug-likeness (QED) is 0.910. The number of hydrogen-bond acceptors (Lipinski definition) is 3. The number of benzene rings is 2. The summed E-state index contributed by atoms with van der Waals surface area (Å²) in [5.74, 6) is 0. The van der Waals surface area contributed by atoms with Crippen LogP contribution >= 0.6 is 23.2 Å². The summed E-state index contributed by atoms with van der Waals surface area (Å²) in [5, 5.41) is 20.2. The van der Waals surface area contributed by atoms with Crippen LogP contribution in [0.15, 0.2) is 42.5 Å². The molecule has 0 aromatic heterocycles. The van der Waals surface area contributed by atoms with Crippen molar-refractivity contribution in [3.8, 4) is 6.07 Å². The minimum atomic E-state index is -0.957. The van der Waals surface area contributed by atoms with E-state index in [1.165, 1.54) is 6.07 Å². The van der Waals surface area contributed by atoms with Gasteiger partial charge in [0.25, 0.3) is 0 Å². The van der Waals surface area contributed by atoms with Gasteiger partial charge in [0.15, 0.2) is 0 Å². The van der Waals surface area contributed by atoms with E-state index in [1.54, 1.807) is 36.4 Å². The molecule has 20 heavy (non-hydrogen) atoms. The average molecular weight is 307 g/mol. The number of aliphatic hydroxyl groups is 1. The van der Waals surface area contributed by atoms with E-state index in [-0.39, 0.29) is 0 Å². The molecule has 0 fully saturated rings. The van der Waals surface area contributed by atoms with Crippen molar-refractivity contribution in [3.63, 3.8) is 0 Å². The van der Waals surface area contributed by atoms with Gasteiger partial charge in [0.05, 0.1) is 23.8 Å². The molecule has 0 aliphatic heterocycles. The molecule has 102 valence electrons. The third-order valence-corrected chi connectivity index (χ3v) is 3.46. The van der Waals surface area contributed by atoms with E-state index < -0.39 is 12.1 Å². The Morgan fingerprint density at radius 3 is 2.25 bits per heavy atom. The lowest BCUT2D eigenvalue weighted by Gasteiger charge is -2.20. The van der Waals surface area contributed by atoms with Gasteiger partial charge in [0.2, 0.25) is 0 Å². The zero-order valence-electron chi connectivity index (χ0n) is 10.4. The van der Waals surface area contributed by atoms with Crippen LogP contribution in [-0.4, -0.2) is 5.11 Å². The Bertz CT molecular complexity index is 650. The van der Waals surface area contributed by atoms with Crippen molar-refractivity contribution >= 4 is 23.2 Å². The summed E-state index contributed by atoms with van der Waals surface area (Å²) < 4.78 is 0. The number of rotatable bonds is 3. The fourth-order valence-corrected chi connectivity index (χ4v) is 2.29. The summed E-state index contributed by atoms with van der Waals surface area (Å²) in [6.07, 6.45) is -0.957. The van der Waals surface area contributed by atoms with E-state index in [0.717, 1.165) is 5.56 Å². The highest BCUT2D eigenvalue weighted by molar-refractivity contribution is 6.31. The highest BCUT2D eigenvalue weighted by Crippen LogP contribution is 2.29. The maximum atomic E-state index is 10.3. The van der Waals surface area contributed by atoms with Gasteiger partial charge in [0.1, 0.15) is 0 Å². The molecule has 2 rings (SSSR count). The van der Waals surface area contributed by atoms with Crippen LogP contribution in [0.3, 0.4) is 0 Å². The molecule has 0 saturated heterocycles. The van der Waals surface area contributed by atoms with Crippen LogP contribution in [0.1, 0.15) is 28.8 Å². The Labute approximate surface area is 127 Å². The third-order valence-electron chi connectivity index (χ3n) is 2.99. The molecule has 2 aromatic rings. The molecule has 0 radical (unpaired) electrons. The van der Waals surface area contributed by atoms with Crippen LogP contribution in [0.25, 0.3) is 0 Å². The van der Waals surface area contributed by atoms with E-state index >= 15 is 0 Å². The summed E-state index contributed by atoms with van der Waals surface area (Å²) in [5.41, 5.74) is 7.69. The summed E-state index contributed by atoms with van der Waals surface area (Å²) in [6.45, 7) is 0. The Kier molecular flexibility index (Phi) is 4.64. The number of hydrogen-bond donors (Lipinski definition) is 2. The molecule has 5 heteroatoms. The summed E-state index contributed by atoms with van der Waals surface area (Å²) in [6, 6.07) is 13.0. The monoisotopic (exact) mass is 306 g/mol. The van der Waals surface area contributed by atoms with Gasteiger partial charge >= 0.3 is 0 Å². The standard InChI is InChI=1S/C15H12Cl2N2O/c16-12-3-1-10(2-4-12)14(19)15(20)11-5-9(8-18)6-13(17)7-11/h1-7,14-15,20H,19H2/t14-,15-/m1/s1. The third kappa shape index (κ3) is 3.30. The molecular formula is C15H12Cl2N2O. The second kappa shape index (κ2) is 6.25. The van der Waals surface area contributed by atoms with Gasteiger partial charge in [-0.25, -0.2) is 0 Å². The van der Waals surface area contributed by atoms with Crippen LogP contribution in [0, 0.1) is 11.3 Å². The smallest absolute Gasteiger partial charge is 0.0992 e. The average Bonchev–Trinajstić information content (AvgIpc) is 2.45. The molecule has 3 nitrogen and oxygen atoms in total. The maximum absolute atomic E-state index is 10.3. The molecular weight excluding hydrogens is 295 g/mol. The van der Waals surface area contributed by atoms with Crippen molar-refractivity contribution in [3.05, 3.63) is 69.2 Å². The van der Waals surface area contributed by atoms with Crippen molar-refractivity contribution in [1.29, 1.82) is 5.26 Å². The van der Waals surface area contributed by atoms with Gasteiger partial charge in [-0.15, -0.1) is 0 Å². The molecule has 0 bridgehead atoms. The van der Waals surface area contributed by atoms with Crippen LogP contribution in [0.4, 0.5) is 0 Å². The fourth-order valence-electron chi connectivity index (χ4n) is 1.92. The van der Waals surface area contributed by atoms with Crippen molar-refractivity contribution in [2.75, 3.05) is 0 Å². The normalized spacial score (nSPS) is 13.6. The van der Waals surface area contributed by atoms with E-state index in [1.807, 2.05) is 6.07 Å². The number of nitrogens with two attached hydrogens (primary N) is 1. The van der Waals surface area contributed by atoms with Crippen molar-refractivity contribution in [2.45, 2.75) is 12.1 Å². The Balaban J connectivity index is 2.31. The largest absolute Gasteiger partial charge is 0.386 e. The molecule has 3 N–H and O–H groups in total. The zero-order valence-corrected chi connectivity index (χ0v) is 11.9. The molecule has 0 spiro atoms. The van der Waals surface area contributed by atoms with E-state index in [0.29, 0.717) is 21.2 Å². The second-order valence-electron chi connectivity index (χ2n) is 4.41. The first-order valence-corrected chi connectivity index (χ1v) is 6.66. The molecule has 2 aromatic carbocycles. The van der Waals surface area contributed by atoms with E-state index in [2.05, 4.69) is 0 Å². The van der Waals surface area contributed by atoms with Crippen LogP contribution in [0.5, 0.6) is 0 Å². The molecule has 0 unspecified atom stereocenters. The van der Waals surface area contributed by atoms with Gasteiger partial charge in [-0.3, -0.25) is 0 Å². The number of nitriles is 1. The molecule has 0 aliphatic carbocycles. The molecule has 0 heterocycles. The summed E-state index contributed by atoms with van der Waals surface area (Å²) in [4.78, 5) is 0. The lowest BCUT2D eigenvalue weighted by Crippen LogP contribution is -2.19. The SMILES string of the molecule is N#Cc1cc(Cl)cc([C@@H](O)[C@H](N)c2ccc(Cl)cc2)c1. The van der Waals surface area contributed by atoms with Gasteiger partial charge in [0, 0.05) is 10.0 Å². The number of nitrogens with zero attached hydrogens (tertiary/aromatic N) is 1. The van der Waals surface area contributed by atoms with Crippen molar-refractivity contribution < 1.29 is 5.11 Å². The summed E-state index contributed by atoms with van der Waals surface area (Å²) in [7, 11) is 0.